The van der Waals surface area contributed by atoms with E-state index in [2.05, 4.69) is 10.1 Å². The maximum atomic E-state index is 11.5. The second-order valence-electron chi connectivity index (χ2n) is 6.24. The van der Waals surface area contributed by atoms with E-state index in [0.29, 0.717) is 5.75 Å². The van der Waals surface area contributed by atoms with Gasteiger partial charge in [0.05, 0.1) is 20.1 Å². The van der Waals surface area contributed by atoms with Crippen LogP contribution in [-0.4, -0.2) is 49.1 Å². The molecule has 0 heterocycles. The summed E-state index contributed by atoms with van der Waals surface area (Å²) in [5.41, 5.74) is 0.221. The molecule has 1 amide bonds. The highest BCUT2D eigenvalue weighted by atomic mass is 16.6. The Morgan fingerprint density at radius 2 is 1.83 bits per heavy atom. The number of alkyl carbamates (subject to hydrolysis) is 1. The van der Waals surface area contributed by atoms with Crippen LogP contribution in [0, 0.1) is 0 Å². The standard InChI is InChI=1S/C17H25NO6/c1-17(2,3)24-16(21)18-10-13(19)11-23-14-7-5-12(6-8-14)9-15(20)22-4/h5-8,13,19H,9-11H2,1-4H3,(H,18,21). The third-order valence-corrected chi connectivity index (χ3v) is 2.82. The Balaban J connectivity index is 2.32. The number of aliphatic hydroxyl groups excluding tert-OH is 1. The third kappa shape index (κ3) is 8.38. The van der Waals surface area contributed by atoms with E-state index in [1.165, 1.54) is 7.11 Å². The number of hydrogen-bond acceptors (Lipinski definition) is 6. The maximum Gasteiger partial charge on any atom is 0.407 e. The van der Waals surface area contributed by atoms with Crippen molar-refractivity contribution in [3.8, 4) is 5.75 Å². The number of benzene rings is 1. The van der Waals surface area contributed by atoms with E-state index < -0.39 is 17.8 Å². The number of carbonyl (C=O) groups excluding carboxylic acids is 2. The molecule has 7 heteroatoms. The van der Waals surface area contributed by atoms with Crippen LogP contribution >= 0.6 is 0 Å². The summed E-state index contributed by atoms with van der Waals surface area (Å²) >= 11 is 0. The highest BCUT2D eigenvalue weighted by Crippen LogP contribution is 2.13. The van der Waals surface area contributed by atoms with Gasteiger partial charge in [-0.05, 0) is 38.5 Å². The Morgan fingerprint density at radius 1 is 1.21 bits per heavy atom. The van der Waals surface area contributed by atoms with E-state index in [4.69, 9.17) is 9.47 Å². The molecule has 2 N–H and O–H groups in total. The summed E-state index contributed by atoms with van der Waals surface area (Å²) in [7, 11) is 1.34. The summed E-state index contributed by atoms with van der Waals surface area (Å²) in [6.07, 6.45) is -1.26. The molecule has 1 unspecified atom stereocenters. The van der Waals surface area contributed by atoms with E-state index in [1.54, 1.807) is 45.0 Å². The zero-order valence-corrected chi connectivity index (χ0v) is 14.5. The lowest BCUT2D eigenvalue weighted by atomic mass is 10.1. The molecule has 0 saturated heterocycles. The normalized spacial score (nSPS) is 12.2. The number of hydrogen-bond donors (Lipinski definition) is 2. The van der Waals surface area contributed by atoms with Crippen molar-refractivity contribution < 1.29 is 28.9 Å². The van der Waals surface area contributed by atoms with Gasteiger partial charge in [0.2, 0.25) is 0 Å². The molecule has 134 valence electrons. The lowest BCUT2D eigenvalue weighted by molar-refractivity contribution is -0.139. The Kier molecular flexibility index (Phi) is 7.51. The Bertz CT molecular complexity index is 535. The van der Waals surface area contributed by atoms with Crippen LogP contribution in [0.4, 0.5) is 4.79 Å². The molecule has 0 aromatic heterocycles. The van der Waals surface area contributed by atoms with Crippen molar-refractivity contribution in [2.24, 2.45) is 0 Å². The van der Waals surface area contributed by atoms with Crippen LogP contribution in [0.1, 0.15) is 26.3 Å². The number of ether oxygens (including phenoxy) is 3. The SMILES string of the molecule is COC(=O)Cc1ccc(OCC(O)CNC(=O)OC(C)(C)C)cc1. The number of methoxy groups -OCH3 is 1. The first-order chi connectivity index (χ1) is 11.2. The molecule has 0 fully saturated rings. The molecule has 0 aliphatic rings. The van der Waals surface area contributed by atoms with E-state index in [9.17, 15) is 14.7 Å². The number of esters is 1. The van der Waals surface area contributed by atoms with Crippen LogP contribution in [0.25, 0.3) is 0 Å². The van der Waals surface area contributed by atoms with Crippen molar-refractivity contribution in [3.63, 3.8) is 0 Å². The van der Waals surface area contributed by atoms with Gasteiger partial charge in [-0.3, -0.25) is 4.79 Å². The fourth-order valence-electron chi connectivity index (χ4n) is 1.71. The van der Waals surface area contributed by atoms with E-state index in [0.717, 1.165) is 5.56 Å². The topological polar surface area (TPSA) is 94.1 Å². The predicted octanol–water partition coefficient (Wildman–Crippen LogP) is 1.67. The summed E-state index contributed by atoms with van der Waals surface area (Å²) in [6, 6.07) is 6.90. The van der Waals surface area contributed by atoms with E-state index >= 15 is 0 Å². The minimum absolute atomic E-state index is 0.0200. The molecule has 0 spiro atoms. The summed E-state index contributed by atoms with van der Waals surface area (Å²) in [5, 5.41) is 12.3. The Labute approximate surface area is 141 Å². The highest BCUT2D eigenvalue weighted by molar-refractivity contribution is 5.72. The van der Waals surface area contributed by atoms with Crippen LogP contribution in [0.3, 0.4) is 0 Å². The Morgan fingerprint density at radius 3 is 2.38 bits per heavy atom. The van der Waals surface area contributed by atoms with Gasteiger partial charge in [0, 0.05) is 0 Å². The average Bonchev–Trinajstić information content (AvgIpc) is 2.50. The highest BCUT2D eigenvalue weighted by Gasteiger charge is 2.17. The van der Waals surface area contributed by atoms with Gasteiger partial charge < -0.3 is 24.6 Å². The lowest BCUT2D eigenvalue weighted by Crippen LogP contribution is -2.38. The molecule has 7 nitrogen and oxygen atoms in total. The second-order valence-corrected chi connectivity index (χ2v) is 6.24. The van der Waals surface area contributed by atoms with Gasteiger partial charge in [0.15, 0.2) is 0 Å². The molecule has 0 aliphatic heterocycles. The van der Waals surface area contributed by atoms with Crippen molar-refractivity contribution in [3.05, 3.63) is 29.8 Å². The molecule has 1 rings (SSSR count). The fourth-order valence-corrected chi connectivity index (χ4v) is 1.71. The van der Waals surface area contributed by atoms with Crippen molar-refractivity contribution in [2.45, 2.75) is 38.9 Å². The molecule has 0 aliphatic carbocycles. The molecular formula is C17H25NO6. The summed E-state index contributed by atoms with van der Waals surface area (Å²) < 4.78 is 15.1. The molecular weight excluding hydrogens is 314 g/mol. The average molecular weight is 339 g/mol. The number of carbonyl (C=O) groups is 2. The Hall–Kier alpha value is -2.28. The molecule has 1 atom stereocenters. The van der Waals surface area contributed by atoms with Crippen molar-refractivity contribution >= 4 is 12.1 Å². The monoisotopic (exact) mass is 339 g/mol. The van der Waals surface area contributed by atoms with Crippen molar-refractivity contribution in [2.75, 3.05) is 20.3 Å². The summed E-state index contributed by atoms with van der Waals surface area (Å²) in [6.45, 7) is 5.32. The van der Waals surface area contributed by atoms with Gasteiger partial charge in [-0.25, -0.2) is 4.79 Å². The molecule has 24 heavy (non-hydrogen) atoms. The van der Waals surface area contributed by atoms with Crippen molar-refractivity contribution in [1.82, 2.24) is 5.32 Å². The van der Waals surface area contributed by atoms with Gasteiger partial charge in [-0.1, -0.05) is 12.1 Å². The molecule has 1 aromatic carbocycles. The minimum atomic E-state index is -0.868. The van der Waals surface area contributed by atoms with E-state index in [-0.39, 0.29) is 25.5 Å². The van der Waals surface area contributed by atoms with Gasteiger partial charge >= 0.3 is 12.1 Å². The first-order valence-electron chi connectivity index (χ1n) is 7.63. The third-order valence-electron chi connectivity index (χ3n) is 2.82. The van der Waals surface area contributed by atoms with Crippen LogP contribution in [0.2, 0.25) is 0 Å². The maximum absolute atomic E-state index is 11.5. The lowest BCUT2D eigenvalue weighted by Gasteiger charge is -2.20. The number of aliphatic hydroxyl groups is 1. The molecule has 0 radical (unpaired) electrons. The van der Waals surface area contributed by atoms with Gasteiger partial charge in [-0.15, -0.1) is 0 Å². The molecule has 0 bridgehead atoms. The largest absolute Gasteiger partial charge is 0.491 e. The second kappa shape index (κ2) is 9.12. The predicted molar refractivity (Wildman–Crippen MR) is 87.9 cm³/mol. The van der Waals surface area contributed by atoms with Crippen LogP contribution < -0.4 is 10.1 Å². The van der Waals surface area contributed by atoms with Crippen LogP contribution in [0.5, 0.6) is 5.75 Å². The quantitative estimate of drug-likeness (QED) is 0.734. The van der Waals surface area contributed by atoms with Crippen LogP contribution in [-0.2, 0) is 20.7 Å². The number of rotatable bonds is 7. The van der Waals surface area contributed by atoms with Crippen molar-refractivity contribution in [1.29, 1.82) is 0 Å². The summed E-state index contributed by atoms with van der Waals surface area (Å²) in [4.78, 5) is 22.6. The van der Waals surface area contributed by atoms with E-state index in [1.807, 2.05) is 0 Å². The molecule has 0 saturated carbocycles. The fraction of sp³-hybridized carbons (Fsp3) is 0.529. The van der Waals surface area contributed by atoms with Gasteiger partial charge in [0.1, 0.15) is 24.1 Å². The zero-order chi connectivity index (χ0) is 18.2. The number of nitrogens with one attached hydrogen (secondary N) is 1. The van der Waals surface area contributed by atoms with Crippen LogP contribution in [0.15, 0.2) is 24.3 Å². The minimum Gasteiger partial charge on any atom is -0.491 e. The van der Waals surface area contributed by atoms with Gasteiger partial charge in [-0.2, -0.15) is 0 Å². The first-order valence-corrected chi connectivity index (χ1v) is 7.63. The first kappa shape index (κ1) is 19.8. The zero-order valence-electron chi connectivity index (χ0n) is 14.5. The number of amides is 1. The molecule has 1 aromatic rings. The summed E-state index contributed by atoms with van der Waals surface area (Å²) in [5.74, 6) is 0.243. The van der Waals surface area contributed by atoms with Gasteiger partial charge in [0.25, 0.3) is 0 Å². The smallest absolute Gasteiger partial charge is 0.407 e.